The molecule has 0 amide bonds. The molecule has 1 saturated heterocycles. The topological polar surface area (TPSA) is 31.4 Å². The molecular weight excluding hydrogens is 316 g/mol. The van der Waals surface area contributed by atoms with Crippen LogP contribution < -0.4 is 5.32 Å². The summed E-state index contributed by atoms with van der Waals surface area (Å²) < 4.78 is 0. The molecule has 1 fully saturated rings. The van der Waals surface area contributed by atoms with E-state index in [2.05, 4.69) is 58.7 Å². The lowest BCUT2D eigenvalue weighted by Gasteiger charge is -2.34. The summed E-state index contributed by atoms with van der Waals surface area (Å²) in [5.41, 5.74) is 2.30. The molecule has 1 aromatic carbocycles. The summed E-state index contributed by atoms with van der Waals surface area (Å²) in [7, 11) is 2.21. The molecule has 1 atom stereocenters. The van der Waals surface area contributed by atoms with E-state index in [1.807, 2.05) is 6.07 Å². The predicted octanol–water partition coefficient (Wildman–Crippen LogP) is 2.58. The Morgan fingerprint density at radius 3 is 2.67 bits per heavy atom. The summed E-state index contributed by atoms with van der Waals surface area (Å²) in [6.07, 6.45) is 1.00. The first-order valence-corrected chi connectivity index (χ1v) is 9.73. The molecule has 3 rings (SSSR count). The van der Waals surface area contributed by atoms with Gasteiger partial charge in [0.25, 0.3) is 0 Å². The number of thiazole rings is 1. The second-order valence-corrected chi connectivity index (χ2v) is 7.64. The number of benzene rings is 1. The molecule has 24 heavy (non-hydrogen) atoms. The third-order valence-electron chi connectivity index (χ3n) is 4.58. The van der Waals surface area contributed by atoms with Crippen molar-refractivity contribution in [2.75, 3.05) is 46.3 Å². The molecule has 2 heterocycles. The summed E-state index contributed by atoms with van der Waals surface area (Å²) in [4.78, 5) is 9.73. The van der Waals surface area contributed by atoms with Gasteiger partial charge in [0.2, 0.25) is 0 Å². The maximum Gasteiger partial charge on any atom is 0.0945 e. The van der Waals surface area contributed by atoms with E-state index in [-0.39, 0.29) is 0 Å². The third kappa shape index (κ3) is 5.11. The van der Waals surface area contributed by atoms with Gasteiger partial charge in [-0.1, -0.05) is 30.3 Å². The highest BCUT2D eigenvalue weighted by Gasteiger charge is 2.15. The summed E-state index contributed by atoms with van der Waals surface area (Å²) >= 11 is 1.76. The highest BCUT2D eigenvalue weighted by Crippen LogP contribution is 2.21. The van der Waals surface area contributed by atoms with Gasteiger partial charge >= 0.3 is 0 Å². The maximum atomic E-state index is 4.76. The van der Waals surface area contributed by atoms with Crippen molar-refractivity contribution in [2.45, 2.75) is 19.4 Å². The van der Waals surface area contributed by atoms with Crippen LogP contribution in [0, 0.1) is 0 Å². The first-order valence-electron chi connectivity index (χ1n) is 8.85. The average Bonchev–Trinajstić information content (AvgIpc) is 3.07. The molecule has 0 radical (unpaired) electrons. The van der Waals surface area contributed by atoms with Gasteiger partial charge in [-0.2, -0.15) is 0 Å². The van der Waals surface area contributed by atoms with Gasteiger partial charge in [0.1, 0.15) is 0 Å². The lowest BCUT2D eigenvalue weighted by molar-refractivity contribution is 0.144. The van der Waals surface area contributed by atoms with Crippen molar-refractivity contribution >= 4 is 11.3 Å². The molecule has 1 N–H and O–H groups in total. The van der Waals surface area contributed by atoms with Crippen molar-refractivity contribution < 1.29 is 0 Å². The monoisotopic (exact) mass is 344 g/mol. The Kier molecular flexibility index (Phi) is 6.37. The van der Waals surface area contributed by atoms with E-state index in [0.717, 1.165) is 25.2 Å². The van der Waals surface area contributed by atoms with Gasteiger partial charge < -0.3 is 10.2 Å². The maximum absolute atomic E-state index is 4.76. The molecule has 1 aromatic heterocycles. The van der Waals surface area contributed by atoms with Crippen molar-refractivity contribution in [3.63, 3.8) is 0 Å². The van der Waals surface area contributed by atoms with Crippen LogP contribution >= 0.6 is 11.3 Å². The van der Waals surface area contributed by atoms with E-state index >= 15 is 0 Å². The molecule has 130 valence electrons. The van der Waals surface area contributed by atoms with Crippen LogP contribution in [0.3, 0.4) is 0 Å². The Bertz CT molecular complexity index is 605. The van der Waals surface area contributed by atoms with Gasteiger partial charge in [0, 0.05) is 62.7 Å². The molecule has 0 saturated carbocycles. The number of nitrogens with zero attached hydrogens (tertiary/aromatic N) is 3. The fraction of sp³-hybridized carbons (Fsp3) is 0.526. The van der Waals surface area contributed by atoms with Crippen LogP contribution in [0.2, 0.25) is 0 Å². The minimum atomic E-state index is 0.530. The Morgan fingerprint density at radius 1 is 1.17 bits per heavy atom. The SMILES string of the molecule is C[C@@H](CN1CCN(C)CC1)NCCc1nc(-c2ccccc2)cs1. The van der Waals surface area contributed by atoms with E-state index in [9.17, 15) is 0 Å². The molecule has 5 heteroatoms. The lowest BCUT2D eigenvalue weighted by atomic mass is 10.2. The summed E-state index contributed by atoms with van der Waals surface area (Å²) in [6.45, 7) is 9.18. The van der Waals surface area contributed by atoms with Crippen LogP contribution in [-0.2, 0) is 6.42 Å². The highest BCUT2D eigenvalue weighted by molar-refractivity contribution is 7.09. The largest absolute Gasteiger partial charge is 0.313 e. The Balaban J connectivity index is 1.39. The molecule has 4 nitrogen and oxygen atoms in total. The number of hydrogen-bond acceptors (Lipinski definition) is 5. The number of nitrogens with one attached hydrogen (secondary N) is 1. The van der Waals surface area contributed by atoms with Crippen molar-refractivity contribution in [3.05, 3.63) is 40.7 Å². The summed E-state index contributed by atoms with van der Waals surface area (Å²) in [6, 6.07) is 10.9. The van der Waals surface area contributed by atoms with Crippen LogP contribution in [0.25, 0.3) is 11.3 Å². The van der Waals surface area contributed by atoms with Gasteiger partial charge in [-0.25, -0.2) is 4.98 Å². The number of piperazine rings is 1. The van der Waals surface area contributed by atoms with Gasteiger partial charge in [-0.3, -0.25) is 4.90 Å². The molecule has 0 aliphatic carbocycles. The van der Waals surface area contributed by atoms with Crippen molar-refractivity contribution in [1.82, 2.24) is 20.1 Å². The summed E-state index contributed by atoms with van der Waals surface area (Å²) in [5.74, 6) is 0. The van der Waals surface area contributed by atoms with Crippen LogP contribution in [0.1, 0.15) is 11.9 Å². The van der Waals surface area contributed by atoms with Gasteiger partial charge in [0.15, 0.2) is 0 Å². The predicted molar refractivity (Wildman–Crippen MR) is 103 cm³/mol. The van der Waals surface area contributed by atoms with Gasteiger partial charge in [0.05, 0.1) is 10.7 Å². The zero-order valence-corrected chi connectivity index (χ0v) is 15.6. The Morgan fingerprint density at radius 2 is 1.92 bits per heavy atom. The molecule has 2 aromatic rings. The fourth-order valence-corrected chi connectivity index (χ4v) is 3.88. The highest BCUT2D eigenvalue weighted by atomic mass is 32.1. The van der Waals surface area contributed by atoms with Crippen LogP contribution in [0.4, 0.5) is 0 Å². The van der Waals surface area contributed by atoms with E-state index in [4.69, 9.17) is 4.98 Å². The van der Waals surface area contributed by atoms with Crippen molar-refractivity contribution in [3.8, 4) is 11.3 Å². The minimum Gasteiger partial charge on any atom is -0.313 e. The quantitative estimate of drug-likeness (QED) is 0.836. The normalized spacial score (nSPS) is 17.9. The number of aromatic nitrogens is 1. The van der Waals surface area contributed by atoms with E-state index in [0.29, 0.717) is 6.04 Å². The van der Waals surface area contributed by atoms with Crippen LogP contribution in [0.15, 0.2) is 35.7 Å². The van der Waals surface area contributed by atoms with Crippen molar-refractivity contribution in [1.29, 1.82) is 0 Å². The zero-order valence-electron chi connectivity index (χ0n) is 14.7. The van der Waals surface area contributed by atoms with E-state index in [1.54, 1.807) is 11.3 Å². The van der Waals surface area contributed by atoms with Gasteiger partial charge in [-0.05, 0) is 14.0 Å². The molecule has 1 aliphatic heterocycles. The second-order valence-electron chi connectivity index (χ2n) is 6.70. The van der Waals surface area contributed by atoms with E-state index in [1.165, 1.54) is 36.8 Å². The average molecular weight is 345 g/mol. The number of hydrogen-bond donors (Lipinski definition) is 1. The minimum absolute atomic E-state index is 0.530. The molecule has 1 aliphatic rings. The Labute approximate surface area is 149 Å². The fourth-order valence-electron chi connectivity index (χ4n) is 3.08. The van der Waals surface area contributed by atoms with Crippen molar-refractivity contribution in [2.24, 2.45) is 0 Å². The number of rotatable bonds is 7. The third-order valence-corrected chi connectivity index (χ3v) is 5.49. The first-order chi connectivity index (χ1) is 11.7. The van der Waals surface area contributed by atoms with Crippen LogP contribution in [-0.4, -0.2) is 67.1 Å². The van der Waals surface area contributed by atoms with Crippen LogP contribution in [0.5, 0.6) is 0 Å². The smallest absolute Gasteiger partial charge is 0.0945 e. The Hall–Kier alpha value is -1.27. The molecule has 0 unspecified atom stereocenters. The first kappa shape index (κ1) is 17.5. The van der Waals surface area contributed by atoms with E-state index < -0.39 is 0 Å². The molecule has 0 spiro atoms. The zero-order chi connectivity index (χ0) is 16.8. The molecular formula is C19H28N4S. The number of likely N-dealkylation sites (N-methyl/N-ethyl adjacent to an activating group) is 1. The summed E-state index contributed by atoms with van der Waals surface area (Å²) in [5, 5.41) is 7.03. The standard InChI is InChI=1S/C19H28N4S/c1-16(14-23-12-10-22(2)11-13-23)20-9-8-19-21-18(15-24-19)17-6-4-3-5-7-17/h3-7,15-16,20H,8-14H2,1-2H3/t16-/m0/s1. The lowest BCUT2D eigenvalue weighted by Crippen LogP contribution is -2.49. The van der Waals surface area contributed by atoms with Gasteiger partial charge in [-0.15, -0.1) is 11.3 Å². The molecule has 0 bridgehead atoms. The second kappa shape index (κ2) is 8.72.